The summed E-state index contributed by atoms with van der Waals surface area (Å²) in [5.74, 6) is 0. The van der Waals surface area contributed by atoms with Gasteiger partial charge in [-0.05, 0) is 18.2 Å². The van der Waals surface area contributed by atoms with E-state index in [0.717, 1.165) is 27.6 Å². The van der Waals surface area contributed by atoms with Crippen LogP contribution in [0.2, 0.25) is 0 Å². The first-order chi connectivity index (χ1) is 7.83. The quantitative estimate of drug-likeness (QED) is 0.719. The molecule has 0 radical (unpaired) electrons. The molecular formula is C12H10BrClN2O. The van der Waals surface area contributed by atoms with Crippen molar-refractivity contribution in [2.75, 3.05) is 0 Å². The van der Waals surface area contributed by atoms with E-state index in [0.29, 0.717) is 0 Å². The van der Waals surface area contributed by atoms with Gasteiger partial charge < -0.3 is 8.98 Å². The second-order valence-corrected chi connectivity index (χ2v) is 4.55. The highest BCUT2D eigenvalue weighted by molar-refractivity contribution is 9.10. The number of hydrogen-bond donors (Lipinski definition) is 0. The third kappa shape index (κ3) is 2.37. The molecule has 1 aromatic carbocycles. The van der Waals surface area contributed by atoms with Crippen LogP contribution in [-0.4, -0.2) is 9.55 Å². The molecule has 0 aliphatic carbocycles. The molecule has 3 rings (SSSR count). The molecule has 2 aromatic heterocycles. The molecule has 0 unspecified atom stereocenters. The molecule has 0 amide bonds. The van der Waals surface area contributed by atoms with Gasteiger partial charge in [0.1, 0.15) is 5.58 Å². The van der Waals surface area contributed by atoms with Crippen LogP contribution >= 0.6 is 28.3 Å². The van der Waals surface area contributed by atoms with Crippen LogP contribution in [0.5, 0.6) is 0 Å². The summed E-state index contributed by atoms with van der Waals surface area (Å²) in [6.45, 7) is 0.781. The second kappa shape index (κ2) is 4.94. The number of fused-ring (bicyclic) bond motifs is 1. The molecule has 17 heavy (non-hydrogen) atoms. The minimum Gasteiger partial charge on any atom is -0.464 e. The van der Waals surface area contributed by atoms with Crippen LogP contribution in [0.15, 0.2) is 52.1 Å². The largest absolute Gasteiger partial charge is 0.464 e. The molecule has 0 fully saturated rings. The van der Waals surface area contributed by atoms with Crippen LogP contribution < -0.4 is 0 Å². The summed E-state index contributed by atoms with van der Waals surface area (Å²) in [7, 11) is 0. The summed E-state index contributed by atoms with van der Waals surface area (Å²) in [6.07, 6.45) is 7.32. The molecule has 0 N–H and O–H groups in total. The second-order valence-electron chi connectivity index (χ2n) is 3.64. The first-order valence-corrected chi connectivity index (χ1v) is 5.73. The molecule has 3 nitrogen and oxygen atoms in total. The maximum atomic E-state index is 5.50. The lowest BCUT2D eigenvalue weighted by atomic mass is 10.2. The molecule has 0 atom stereocenters. The van der Waals surface area contributed by atoms with Crippen LogP contribution in [0.25, 0.3) is 11.0 Å². The van der Waals surface area contributed by atoms with Gasteiger partial charge in [0.15, 0.2) is 0 Å². The Bertz CT molecular complexity index is 619. The van der Waals surface area contributed by atoms with Gasteiger partial charge in [-0.1, -0.05) is 15.9 Å². The first kappa shape index (κ1) is 12.2. The third-order valence-electron chi connectivity index (χ3n) is 2.53. The van der Waals surface area contributed by atoms with Gasteiger partial charge in [0.05, 0.1) is 19.1 Å². The molecule has 3 aromatic rings. The Labute approximate surface area is 113 Å². The van der Waals surface area contributed by atoms with Gasteiger partial charge in [-0.25, -0.2) is 4.98 Å². The SMILES string of the molecule is Brc1ccc2occ(Cn3ccnc3)c2c1.Cl. The number of halogens is 2. The molecule has 0 aliphatic rings. The summed E-state index contributed by atoms with van der Waals surface area (Å²) < 4.78 is 8.58. The molecule has 2 heterocycles. The van der Waals surface area contributed by atoms with Gasteiger partial charge >= 0.3 is 0 Å². The number of rotatable bonds is 2. The van der Waals surface area contributed by atoms with Crippen molar-refractivity contribution in [3.8, 4) is 0 Å². The molecule has 0 saturated carbocycles. The number of aromatic nitrogens is 2. The average molecular weight is 314 g/mol. The zero-order valence-electron chi connectivity index (χ0n) is 8.84. The van der Waals surface area contributed by atoms with Crippen molar-refractivity contribution in [3.63, 3.8) is 0 Å². The molecule has 0 bridgehead atoms. The highest BCUT2D eigenvalue weighted by Crippen LogP contribution is 2.25. The molecule has 0 aliphatic heterocycles. The summed E-state index contributed by atoms with van der Waals surface area (Å²) in [5, 5.41) is 1.14. The summed E-state index contributed by atoms with van der Waals surface area (Å²) in [5.41, 5.74) is 2.08. The standard InChI is InChI=1S/C12H9BrN2O.ClH/c13-10-1-2-12-11(5-10)9(7-16-12)6-15-4-3-14-8-15;/h1-5,7-8H,6H2;1H. The number of imidazole rings is 1. The van der Waals surface area contributed by atoms with Gasteiger partial charge in [-0.3, -0.25) is 0 Å². The van der Waals surface area contributed by atoms with E-state index in [9.17, 15) is 0 Å². The van der Waals surface area contributed by atoms with Crippen molar-refractivity contribution in [2.45, 2.75) is 6.54 Å². The van der Waals surface area contributed by atoms with Crippen molar-refractivity contribution in [1.29, 1.82) is 0 Å². The molecule has 0 saturated heterocycles. The summed E-state index contributed by atoms with van der Waals surface area (Å²) in [4.78, 5) is 4.02. The zero-order valence-corrected chi connectivity index (χ0v) is 11.2. The predicted molar refractivity (Wildman–Crippen MR) is 72.5 cm³/mol. The zero-order chi connectivity index (χ0) is 11.0. The minimum atomic E-state index is 0. The fraction of sp³-hybridized carbons (Fsp3) is 0.0833. The fourth-order valence-corrected chi connectivity index (χ4v) is 2.11. The lowest BCUT2D eigenvalue weighted by molar-refractivity contribution is 0.607. The van der Waals surface area contributed by atoms with Gasteiger partial charge in [0.25, 0.3) is 0 Å². The van der Waals surface area contributed by atoms with Crippen LogP contribution in [-0.2, 0) is 6.54 Å². The number of hydrogen-bond acceptors (Lipinski definition) is 2. The third-order valence-corrected chi connectivity index (χ3v) is 3.02. The van der Waals surface area contributed by atoms with E-state index in [4.69, 9.17) is 4.42 Å². The Hall–Kier alpha value is -1.26. The van der Waals surface area contributed by atoms with Gasteiger partial charge in [0, 0.05) is 27.8 Å². The highest BCUT2D eigenvalue weighted by atomic mass is 79.9. The van der Waals surface area contributed by atoms with Crippen LogP contribution in [0, 0.1) is 0 Å². The van der Waals surface area contributed by atoms with E-state index in [1.54, 1.807) is 18.8 Å². The monoisotopic (exact) mass is 312 g/mol. The van der Waals surface area contributed by atoms with Crippen LogP contribution in [0.1, 0.15) is 5.56 Å². The Morgan fingerprint density at radius 2 is 2.24 bits per heavy atom. The smallest absolute Gasteiger partial charge is 0.134 e. The number of benzene rings is 1. The maximum absolute atomic E-state index is 5.50. The van der Waals surface area contributed by atoms with Crippen molar-refractivity contribution >= 4 is 39.3 Å². The average Bonchev–Trinajstić information content (AvgIpc) is 2.90. The van der Waals surface area contributed by atoms with Gasteiger partial charge in [-0.2, -0.15) is 0 Å². The number of nitrogens with zero attached hydrogens (tertiary/aromatic N) is 2. The van der Waals surface area contributed by atoms with Crippen LogP contribution in [0.3, 0.4) is 0 Å². The predicted octanol–water partition coefficient (Wildman–Crippen LogP) is 3.86. The van der Waals surface area contributed by atoms with E-state index in [1.165, 1.54) is 0 Å². The van der Waals surface area contributed by atoms with Crippen molar-refractivity contribution in [3.05, 3.63) is 53.2 Å². The van der Waals surface area contributed by atoms with E-state index < -0.39 is 0 Å². The first-order valence-electron chi connectivity index (χ1n) is 4.94. The molecule has 88 valence electrons. The molecule has 5 heteroatoms. The van der Waals surface area contributed by atoms with E-state index in [2.05, 4.69) is 27.0 Å². The molecule has 0 spiro atoms. The van der Waals surface area contributed by atoms with Gasteiger partial charge in [-0.15, -0.1) is 12.4 Å². The highest BCUT2D eigenvalue weighted by Gasteiger charge is 2.06. The maximum Gasteiger partial charge on any atom is 0.134 e. The fourth-order valence-electron chi connectivity index (χ4n) is 1.75. The van der Waals surface area contributed by atoms with E-state index in [1.807, 2.05) is 22.9 Å². The van der Waals surface area contributed by atoms with Gasteiger partial charge in [0.2, 0.25) is 0 Å². The van der Waals surface area contributed by atoms with Crippen molar-refractivity contribution < 1.29 is 4.42 Å². The lowest BCUT2D eigenvalue weighted by Gasteiger charge is -1.99. The minimum absolute atomic E-state index is 0. The Balaban J connectivity index is 0.00000108. The van der Waals surface area contributed by atoms with E-state index in [-0.39, 0.29) is 12.4 Å². The lowest BCUT2D eigenvalue weighted by Crippen LogP contribution is -1.94. The van der Waals surface area contributed by atoms with Crippen molar-refractivity contribution in [1.82, 2.24) is 9.55 Å². The summed E-state index contributed by atoms with van der Waals surface area (Å²) >= 11 is 3.47. The summed E-state index contributed by atoms with van der Waals surface area (Å²) in [6, 6.07) is 6.02. The van der Waals surface area contributed by atoms with Crippen molar-refractivity contribution in [2.24, 2.45) is 0 Å². The number of furan rings is 1. The molecular weight excluding hydrogens is 304 g/mol. The van der Waals surface area contributed by atoms with E-state index >= 15 is 0 Å². The normalized spacial score (nSPS) is 10.4. The Morgan fingerprint density at radius 1 is 1.35 bits per heavy atom. The topological polar surface area (TPSA) is 31.0 Å². The van der Waals surface area contributed by atoms with Crippen LogP contribution in [0.4, 0.5) is 0 Å². The Morgan fingerprint density at radius 3 is 3.00 bits per heavy atom. The Kier molecular flexibility index (Phi) is 3.54.